The Kier molecular flexibility index (Phi) is 7.67. The lowest BCUT2D eigenvalue weighted by molar-refractivity contribution is -0.152. The van der Waals surface area contributed by atoms with Gasteiger partial charge in [-0.25, -0.2) is 9.59 Å². The summed E-state index contributed by atoms with van der Waals surface area (Å²) in [5.74, 6) is -0.879. The average molecular weight is 461 g/mol. The molecule has 2 amide bonds. The Morgan fingerprint density at radius 3 is 2.27 bits per heavy atom. The zero-order chi connectivity index (χ0) is 24.2. The number of carbonyl (C=O) groups is 3. The third-order valence-corrected chi connectivity index (χ3v) is 6.72. The Labute approximate surface area is 195 Å². The quantitative estimate of drug-likeness (QED) is 0.654. The Hall–Kier alpha value is -2.61. The molecular weight excluding hydrogens is 424 g/mol. The Balaban J connectivity index is 1.87. The molecule has 2 aliphatic rings. The Morgan fingerprint density at radius 2 is 1.73 bits per heavy atom. The van der Waals surface area contributed by atoms with Crippen LogP contribution in [0.1, 0.15) is 58.4 Å². The fraction of sp³-hybridized carbons (Fsp3) is 0.640. The molecule has 1 saturated heterocycles. The molecule has 3 rings (SSSR count). The molecule has 1 saturated carbocycles. The molecule has 1 aliphatic carbocycles. The van der Waals surface area contributed by atoms with E-state index in [0.717, 1.165) is 31.2 Å². The molecule has 8 nitrogen and oxygen atoms in total. The summed E-state index contributed by atoms with van der Waals surface area (Å²) in [6.07, 6.45) is 3.28. The van der Waals surface area contributed by atoms with Gasteiger partial charge in [0.25, 0.3) is 0 Å². The van der Waals surface area contributed by atoms with Crippen molar-refractivity contribution in [1.82, 2.24) is 10.2 Å². The van der Waals surface area contributed by atoms with E-state index in [2.05, 4.69) is 5.32 Å². The molecule has 1 N–H and O–H groups in total. The SMILES string of the molecule is COC(=O)[C@@H]1C[C@@](OC)(c2ccccc2)CN1C(=O)[C@@H](NC(=O)OC1CCCC1)C(C)(C)C. The lowest BCUT2D eigenvalue weighted by atomic mass is 9.85. The maximum absolute atomic E-state index is 13.8. The number of alkyl carbamates (subject to hydrolysis) is 1. The number of amides is 2. The highest BCUT2D eigenvalue weighted by Crippen LogP contribution is 2.40. The molecule has 1 aromatic rings. The summed E-state index contributed by atoms with van der Waals surface area (Å²) < 4.78 is 16.5. The molecule has 0 bridgehead atoms. The maximum atomic E-state index is 13.8. The lowest BCUT2D eigenvalue weighted by Crippen LogP contribution is -2.57. The van der Waals surface area contributed by atoms with E-state index >= 15 is 0 Å². The van der Waals surface area contributed by atoms with Crippen molar-refractivity contribution in [2.24, 2.45) is 5.41 Å². The molecule has 3 atom stereocenters. The zero-order valence-electron chi connectivity index (χ0n) is 20.3. The molecule has 0 aromatic heterocycles. The molecule has 1 aliphatic heterocycles. The van der Waals surface area contributed by atoms with Gasteiger partial charge >= 0.3 is 12.1 Å². The van der Waals surface area contributed by atoms with Crippen LogP contribution in [0, 0.1) is 5.41 Å². The van der Waals surface area contributed by atoms with Crippen LogP contribution in [0.4, 0.5) is 4.79 Å². The van der Waals surface area contributed by atoms with Gasteiger partial charge < -0.3 is 24.4 Å². The van der Waals surface area contributed by atoms with Crippen LogP contribution in [0.25, 0.3) is 0 Å². The fourth-order valence-electron chi connectivity index (χ4n) is 4.79. The number of likely N-dealkylation sites (tertiary alicyclic amines) is 1. The summed E-state index contributed by atoms with van der Waals surface area (Å²) in [6, 6.07) is 7.81. The largest absolute Gasteiger partial charge is 0.467 e. The summed E-state index contributed by atoms with van der Waals surface area (Å²) in [6.45, 7) is 5.78. The van der Waals surface area contributed by atoms with Crippen LogP contribution in [-0.2, 0) is 29.4 Å². The third kappa shape index (κ3) is 5.49. The van der Waals surface area contributed by atoms with Crippen LogP contribution < -0.4 is 5.32 Å². The van der Waals surface area contributed by atoms with E-state index in [1.807, 2.05) is 51.1 Å². The first-order valence-corrected chi connectivity index (χ1v) is 11.6. The summed E-state index contributed by atoms with van der Waals surface area (Å²) in [4.78, 5) is 40.6. The number of methoxy groups -OCH3 is 2. The van der Waals surface area contributed by atoms with Gasteiger partial charge in [0.2, 0.25) is 5.91 Å². The predicted molar refractivity (Wildman–Crippen MR) is 122 cm³/mol. The van der Waals surface area contributed by atoms with Crippen molar-refractivity contribution in [3.05, 3.63) is 35.9 Å². The first kappa shape index (κ1) is 25.0. The predicted octanol–water partition coefficient (Wildman–Crippen LogP) is 3.39. The van der Waals surface area contributed by atoms with Gasteiger partial charge in [-0.2, -0.15) is 0 Å². The minimum Gasteiger partial charge on any atom is -0.467 e. The Morgan fingerprint density at radius 1 is 1.09 bits per heavy atom. The van der Waals surface area contributed by atoms with Crippen LogP contribution in [-0.4, -0.2) is 61.8 Å². The molecular formula is C25H36N2O6. The van der Waals surface area contributed by atoms with Crippen molar-refractivity contribution in [1.29, 1.82) is 0 Å². The third-order valence-electron chi connectivity index (χ3n) is 6.72. The molecule has 1 heterocycles. The minimum atomic E-state index is -0.887. The smallest absolute Gasteiger partial charge is 0.408 e. The second-order valence-electron chi connectivity index (χ2n) is 10.0. The molecule has 0 radical (unpaired) electrons. The highest BCUT2D eigenvalue weighted by molar-refractivity contribution is 5.91. The van der Waals surface area contributed by atoms with Crippen molar-refractivity contribution in [2.75, 3.05) is 20.8 Å². The summed E-state index contributed by atoms with van der Waals surface area (Å²) >= 11 is 0. The Bertz CT molecular complexity index is 846. The first-order chi connectivity index (χ1) is 15.6. The van der Waals surface area contributed by atoms with Gasteiger partial charge in [-0.05, 0) is 36.7 Å². The van der Waals surface area contributed by atoms with Gasteiger partial charge in [-0.3, -0.25) is 4.79 Å². The second kappa shape index (κ2) is 10.1. The standard InChI is InChI=1S/C25H36N2O6/c1-24(2,3)20(26-23(30)33-18-13-9-10-14-18)21(28)27-16-25(32-5,15-19(27)22(29)31-4)17-11-7-6-8-12-17/h6-8,11-12,18-20H,9-10,13-16H2,1-5H3,(H,26,30)/t19-,20+,25-/m0/s1. The molecule has 33 heavy (non-hydrogen) atoms. The monoisotopic (exact) mass is 460 g/mol. The van der Waals surface area contributed by atoms with Crippen LogP contribution in [0.15, 0.2) is 30.3 Å². The number of benzene rings is 1. The van der Waals surface area contributed by atoms with Crippen LogP contribution in [0.3, 0.4) is 0 Å². The number of hydrogen-bond acceptors (Lipinski definition) is 6. The molecule has 8 heteroatoms. The highest BCUT2D eigenvalue weighted by Gasteiger charge is 2.53. The van der Waals surface area contributed by atoms with Gasteiger partial charge in [0.1, 0.15) is 23.8 Å². The van der Waals surface area contributed by atoms with E-state index in [-0.39, 0.29) is 25.0 Å². The van der Waals surface area contributed by atoms with Crippen molar-refractivity contribution in [2.45, 2.75) is 76.7 Å². The van der Waals surface area contributed by atoms with Crippen LogP contribution in [0.2, 0.25) is 0 Å². The number of nitrogens with zero attached hydrogens (tertiary/aromatic N) is 1. The minimum absolute atomic E-state index is 0.116. The van der Waals surface area contributed by atoms with Crippen LogP contribution >= 0.6 is 0 Å². The van der Waals surface area contributed by atoms with E-state index in [4.69, 9.17) is 14.2 Å². The summed E-state index contributed by atoms with van der Waals surface area (Å²) in [7, 11) is 2.88. The van der Waals surface area contributed by atoms with Gasteiger partial charge in [0.15, 0.2) is 0 Å². The maximum Gasteiger partial charge on any atom is 0.408 e. The van der Waals surface area contributed by atoms with Crippen LogP contribution in [0.5, 0.6) is 0 Å². The summed E-state index contributed by atoms with van der Waals surface area (Å²) in [5.41, 5.74) is -0.599. The number of nitrogens with one attached hydrogen (secondary N) is 1. The number of ether oxygens (including phenoxy) is 3. The average Bonchev–Trinajstić information content (AvgIpc) is 3.45. The van der Waals surface area contributed by atoms with Gasteiger partial charge in [0, 0.05) is 13.5 Å². The summed E-state index contributed by atoms with van der Waals surface area (Å²) in [5, 5.41) is 2.78. The molecule has 2 fully saturated rings. The zero-order valence-corrected chi connectivity index (χ0v) is 20.3. The molecule has 1 aromatic carbocycles. The van der Waals surface area contributed by atoms with Gasteiger partial charge in [-0.1, -0.05) is 51.1 Å². The van der Waals surface area contributed by atoms with Gasteiger partial charge in [0.05, 0.1) is 13.7 Å². The van der Waals surface area contributed by atoms with Crippen molar-refractivity contribution in [3.8, 4) is 0 Å². The van der Waals surface area contributed by atoms with E-state index in [9.17, 15) is 14.4 Å². The molecule has 0 unspecified atom stereocenters. The van der Waals surface area contributed by atoms with E-state index in [1.165, 1.54) is 12.0 Å². The molecule has 0 spiro atoms. The van der Waals surface area contributed by atoms with E-state index < -0.39 is 35.2 Å². The van der Waals surface area contributed by atoms with Crippen molar-refractivity contribution in [3.63, 3.8) is 0 Å². The van der Waals surface area contributed by atoms with E-state index in [0.29, 0.717) is 0 Å². The van der Waals surface area contributed by atoms with Crippen molar-refractivity contribution >= 4 is 18.0 Å². The van der Waals surface area contributed by atoms with Gasteiger partial charge in [-0.15, -0.1) is 0 Å². The number of rotatable bonds is 6. The molecule has 182 valence electrons. The topological polar surface area (TPSA) is 94.2 Å². The number of esters is 1. The number of hydrogen-bond donors (Lipinski definition) is 1. The second-order valence-corrected chi connectivity index (χ2v) is 10.0. The van der Waals surface area contributed by atoms with E-state index in [1.54, 1.807) is 7.11 Å². The fourth-order valence-corrected chi connectivity index (χ4v) is 4.79. The van der Waals surface area contributed by atoms with Crippen molar-refractivity contribution < 1.29 is 28.6 Å². The highest BCUT2D eigenvalue weighted by atomic mass is 16.6. The lowest BCUT2D eigenvalue weighted by Gasteiger charge is -2.35. The first-order valence-electron chi connectivity index (χ1n) is 11.6. The normalized spacial score (nSPS) is 24.4. The number of carbonyl (C=O) groups excluding carboxylic acids is 3.